The van der Waals surface area contributed by atoms with E-state index in [9.17, 15) is 19.8 Å². The second-order valence-electron chi connectivity index (χ2n) is 6.33. The van der Waals surface area contributed by atoms with Crippen LogP contribution >= 0.6 is 11.8 Å². The zero-order valence-electron chi connectivity index (χ0n) is 14.0. The topological polar surface area (TPSA) is 96.3 Å². The Bertz CT molecular complexity index is 642. The molecule has 132 valence electrons. The number of benzene rings is 1. The van der Waals surface area contributed by atoms with E-state index in [0.717, 1.165) is 4.90 Å². The molecule has 24 heavy (non-hydrogen) atoms. The number of carbonyl (C=O) groups is 2. The van der Waals surface area contributed by atoms with Crippen molar-refractivity contribution in [2.75, 3.05) is 12.9 Å². The number of aliphatic carboxylic acids is 1. The molecule has 1 saturated heterocycles. The molecular formula is C16H21NO6S. The number of carboxylic acids is 1. The summed E-state index contributed by atoms with van der Waals surface area (Å²) in [6.07, 6.45) is -0.730. The fraction of sp³-hybridized carbons (Fsp3) is 0.500. The van der Waals surface area contributed by atoms with E-state index >= 15 is 0 Å². The monoisotopic (exact) mass is 355 g/mol. The van der Waals surface area contributed by atoms with Crippen LogP contribution in [0.15, 0.2) is 18.2 Å². The third-order valence-electron chi connectivity index (χ3n) is 3.41. The Labute approximate surface area is 144 Å². The Balaban J connectivity index is 2.41. The lowest BCUT2D eigenvalue weighted by Crippen LogP contribution is -2.45. The Kier molecular flexibility index (Phi) is 5.17. The molecule has 0 aromatic heterocycles. The minimum Gasteiger partial charge on any atom is -0.504 e. The fourth-order valence-electron chi connectivity index (χ4n) is 2.38. The van der Waals surface area contributed by atoms with Gasteiger partial charge in [-0.25, -0.2) is 9.59 Å². The number of methoxy groups -OCH3 is 1. The van der Waals surface area contributed by atoms with Crippen LogP contribution in [-0.2, 0) is 9.53 Å². The largest absolute Gasteiger partial charge is 0.504 e. The molecule has 1 fully saturated rings. The first-order valence-electron chi connectivity index (χ1n) is 7.37. The number of hydrogen-bond acceptors (Lipinski definition) is 6. The molecule has 1 amide bonds. The summed E-state index contributed by atoms with van der Waals surface area (Å²) in [5.41, 5.74) is -0.345. The van der Waals surface area contributed by atoms with Crippen molar-refractivity contribution in [1.82, 2.24) is 4.90 Å². The predicted molar refractivity (Wildman–Crippen MR) is 89.4 cm³/mol. The van der Waals surface area contributed by atoms with Gasteiger partial charge in [-0.15, -0.1) is 11.8 Å². The highest BCUT2D eigenvalue weighted by atomic mass is 32.2. The van der Waals surface area contributed by atoms with Crippen LogP contribution in [0.1, 0.15) is 31.7 Å². The molecule has 1 heterocycles. The highest BCUT2D eigenvalue weighted by Gasteiger charge is 2.45. The second kappa shape index (κ2) is 6.80. The van der Waals surface area contributed by atoms with Crippen molar-refractivity contribution in [1.29, 1.82) is 0 Å². The summed E-state index contributed by atoms with van der Waals surface area (Å²) in [6.45, 7) is 5.13. The number of phenols is 1. The number of carboxylic acid groups (broad SMARTS) is 1. The minimum absolute atomic E-state index is 0.114. The van der Waals surface area contributed by atoms with Crippen LogP contribution in [-0.4, -0.2) is 51.7 Å². The van der Waals surface area contributed by atoms with E-state index in [1.54, 1.807) is 39.0 Å². The molecule has 1 aliphatic rings. The van der Waals surface area contributed by atoms with Gasteiger partial charge in [0.05, 0.1) is 7.11 Å². The van der Waals surface area contributed by atoms with E-state index < -0.39 is 29.1 Å². The second-order valence-corrected chi connectivity index (χ2v) is 7.44. The third kappa shape index (κ3) is 3.69. The molecule has 8 heteroatoms. The molecule has 1 unspecified atom stereocenters. The summed E-state index contributed by atoms with van der Waals surface area (Å²) in [6, 6.07) is 3.87. The number of para-hydroxylation sites is 1. The van der Waals surface area contributed by atoms with Gasteiger partial charge in [-0.2, -0.15) is 0 Å². The van der Waals surface area contributed by atoms with Gasteiger partial charge in [0.25, 0.3) is 0 Å². The lowest BCUT2D eigenvalue weighted by Gasteiger charge is -2.30. The number of aromatic hydroxyl groups is 1. The number of carbonyl (C=O) groups excluding carboxylic acids is 1. The van der Waals surface area contributed by atoms with E-state index in [1.807, 2.05) is 0 Å². The van der Waals surface area contributed by atoms with Crippen molar-refractivity contribution >= 4 is 23.8 Å². The van der Waals surface area contributed by atoms with Crippen molar-refractivity contribution < 1.29 is 29.3 Å². The Morgan fingerprint density at radius 2 is 2.00 bits per heavy atom. The number of rotatable bonds is 3. The lowest BCUT2D eigenvalue weighted by atomic mass is 10.1. The molecule has 0 spiro atoms. The number of amides is 1. The van der Waals surface area contributed by atoms with Gasteiger partial charge in [-0.3, -0.25) is 4.90 Å². The molecule has 0 bridgehead atoms. The molecule has 0 aliphatic carbocycles. The predicted octanol–water partition coefficient (Wildman–Crippen LogP) is 2.84. The van der Waals surface area contributed by atoms with Crippen LogP contribution in [0.2, 0.25) is 0 Å². The van der Waals surface area contributed by atoms with Gasteiger partial charge < -0.3 is 19.7 Å². The maximum atomic E-state index is 12.5. The average molecular weight is 355 g/mol. The minimum atomic E-state index is -1.11. The van der Waals surface area contributed by atoms with E-state index in [1.165, 1.54) is 18.9 Å². The maximum Gasteiger partial charge on any atom is 0.412 e. The van der Waals surface area contributed by atoms with Gasteiger partial charge in [0, 0.05) is 11.3 Å². The van der Waals surface area contributed by atoms with Gasteiger partial charge in [0.1, 0.15) is 17.0 Å². The van der Waals surface area contributed by atoms with Crippen LogP contribution in [0.25, 0.3) is 0 Å². The first kappa shape index (κ1) is 18.3. The normalized spacial score (nSPS) is 20.8. The molecule has 1 aromatic carbocycles. The number of hydrogen-bond donors (Lipinski definition) is 2. The highest BCUT2D eigenvalue weighted by molar-refractivity contribution is 7.99. The van der Waals surface area contributed by atoms with Gasteiger partial charge in [0.15, 0.2) is 11.5 Å². The van der Waals surface area contributed by atoms with Crippen molar-refractivity contribution in [3.8, 4) is 11.5 Å². The number of phenolic OH excluding ortho intramolecular Hbond substituents is 1. The highest BCUT2D eigenvalue weighted by Crippen LogP contribution is 2.47. The van der Waals surface area contributed by atoms with E-state index in [4.69, 9.17) is 9.47 Å². The standard InChI is InChI=1S/C16H21NO6S/c1-16(2,3)23-15(21)17-10(14(19)20)8-24-13(17)9-6-5-7-11(22-4)12(9)18/h5-7,10,13,18H,8H2,1-4H3,(H,19,20)/t10-,13?/m1/s1. The summed E-state index contributed by atoms with van der Waals surface area (Å²) < 4.78 is 10.4. The Morgan fingerprint density at radius 1 is 1.33 bits per heavy atom. The van der Waals surface area contributed by atoms with Crippen molar-refractivity contribution in [3.63, 3.8) is 0 Å². The quantitative estimate of drug-likeness (QED) is 0.860. The molecule has 1 aromatic rings. The smallest absolute Gasteiger partial charge is 0.412 e. The molecule has 0 radical (unpaired) electrons. The van der Waals surface area contributed by atoms with Crippen molar-refractivity contribution in [2.24, 2.45) is 0 Å². The van der Waals surface area contributed by atoms with E-state index in [2.05, 4.69) is 0 Å². The molecular weight excluding hydrogens is 334 g/mol. The van der Waals surface area contributed by atoms with E-state index in [-0.39, 0.29) is 17.3 Å². The first-order chi connectivity index (χ1) is 11.2. The summed E-state index contributed by atoms with van der Waals surface area (Å²) >= 11 is 1.26. The Hall–Kier alpha value is -2.09. The third-order valence-corrected chi connectivity index (χ3v) is 4.71. The molecule has 2 atom stereocenters. The molecule has 7 nitrogen and oxygen atoms in total. The zero-order valence-corrected chi connectivity index (χ0v) is 14.8. The van der Waals surface area contributed by atoms with Crippen LogP contribution in [0.4, 0.5) is 4.79 Å². The van der Waals surface area contributed by atoms with Crippen LogP contribution < -0.4 is 4.74 Å². The average Bonchev–Trinajstić information content (AvgIpc) is 2.90. The lowest BCUT2D eigenvalue weighted by molar-refractivity contribution is -0.142. The van der Waals surface area contributed by atoms with Crippen LogP contribution in [0.5, 0.6) is 11.5 Å². The van der Waals surface area contributed by atoms with Gasteiger partial charge >= 0.3 is 12.1 Å². The first-order valence-corrected chi connectivity index (χ1v) is 8.42. The fourth-order valence-corrected chi connectivity index (χ4v) is 3.81. The summed E-state index contributed by atoms with van der Waals surface area (Å²) in [4.78, 5) is 25.2. The van der Waals surface area contributed by atoms with Crippen LogP contribution in [0, 0.1) is 0 Å². The van der Waals surface area contributed by atoms with Gasteiger partial charge in [-0.1, -0.05) is 12.1 Å². The Morgan fingerprint density at radius 3 is 2.54 bits per heavy atom. The SMILES string of the molecule is COc1cccc(C2SC[C@H](C(=O)O)N2C(=O)OC(C)(C)C)c1O. The van der Waals surface area contributed by atoms with E-state index in [0.29, 0.717) is 5.56 Å². The van der Waals surface area contributed by atoms with Crippen molar-refractivity contribution in [3.05, 3.63) is 23.8 Å². The molecule has 1 aliphatic heterocycles. The number of ether oxygens (including phenoxy) is 2. The summed E-state index contributed by atoms with van der Waals surface area (Å²) in [5.74, 6) is -0.762. The summed E-state index contributed by atoms with van der Waals surface area (Å²) in [7, 11) is 1.42. The summed E-state index contributed by atoms with van der Waals surface area (Å²) in [5, 5.41) is 19.1. The van der Waals surface area contributed by atoms with Crippen LogP contribution in [0.3, 0.4) is 0 Å². The number of nitrogens with zero attached hydrogens (tertiary/aromatic N) is 1. The molecule has 2 rings (SSSR count). The number of thioether (sulfide) groups is 1. The molecule has 2 N–H and O–H groups in total. The van der Waals surface area contributed by atoms with Gasteiger partial charge in [0.2, 0.25) is 0 Å². The van der Waals surface area contributed by atoms with Gasteiger partial charge in [-0.05, 0) is 26.8 Å². The molecule has 0 saturated carbocycles. The zero-order chi connectivity index (χ0) is 18.1. The maximum absolute atomic E-state index is 12.5. The van der Waals surface area contributed by atoms with Crippen molar-refractivity contribution in [2.45, 2.75) is 37.8 Å².